The Bertz CT molecular complexity index is 250. The van der Waals surface area contributed by atoms with Crippen LogP contribution in [0.5, 0.6) is 0 Å². The van der Waals surface area contributed by atoms with Crippen LogP contribution >= 0.6 is 0 Å². The van der Waals surface area contributed by atoms with Crippen LogP contribution in [0.2, 0.25) is 0 Å². The summed E-state index contributed by atoms with van der Waals surface area (Å²) in [6.45, 7) is 1.63. The maximum absolute atomic E-state index is 10.8. The fourth-order valence-electron chi connectivity index (χ4n) is 1.26. The molecule has 13 heavy (non-hydrogen) atoms. The molecule has 0 saturated carbocycles. The van der Waals surface area contributed by atoms with Crippen LogP contribution in [0, 0.1) is 0 Å². The topological polar surface area (TPSA) is 71.1 Å². The van der Waals surface area contributed by atoms with Crippen molar-refractivity contribution in [1.29, 1.82) is 0 Å². The molecule has 6 heteroatoms. The first-order valence-corrected chi connectivity index (χ1v) is 3.82. The summed E-state index contributed by atoms with van der Waals surface area (Å²) in [6, 6.07) is 0. The third kappa shape index (κ3) is 1.18. The zero-order valence-corrected chi connectivity index (χ0v) is 6.94. The molecule has 0 bridgehead atoms. The summed E-state index contributed by atoms with van der Waals surface area (Å²) in [5.74, 6) is 0. The van der Waals surface area contributed by atoms with Crippen LogP contribution in [0.4, 0.5) is 9.59 Å². The van der Waals surface area contributed by atoms with E-state index >= 15 is 0 Å². The highest BCUT2D eigenvalue weighted by molar-refractivity contribution is 5.65. The minimum Gasteiger partial charge on any atom is -0.430 e. The number of carbonyl (C=O) groups excluding carboxylic acids is 2. The van der Waals surface area contributed by atoms with Crippen molar-refractivity contribution in [1.82, 2.24) is 0 Å². The van der Waals surface area contributed by atoms with Gasteiger partial charge in [0, 0.05) is 0 Å². The van der Waals surface area contributed by atoms with Gasteiger partial charge in [0.25, 0.3) is 0 Å². The first-order valence-electron chi connectivity index (χ1n) is 3.82. The summed E-state index contributed by atoms with van der Waals surface area (Å²) in [5, 5.41) is 0. The van der Waals surface area contributed by atoms with E-state index in [0.29, 0.717) is 0 Å². The molecule has 0 radical (unpaired) electrons. The summed E-state index contributed by atoms with van der Waals surface area (Å²) in [6.07, 6.45) is -1.97. The second-order valence-electron chi connectivity index (χ2n) is 3.00. The lowest BCUT2D eigenvalue weighted by molar-refractivity contribution is -0.116. The Hall–Kier alpha value is -1.46. The van der Waals surface area contributed by atoms with Crippen LogP contribution < -0.4 is 0 Å². The van der Waals surface area contributed by atoms with Crippen LogP contribution in [-0.4, -0.2) is 37.2 Å². The fraction of sp³-hybridized carbons (Fsp3) is 0.714. The molecule has 2 heterocycles. The van der Waals surface area contributed by atoms with Crippen molar-refractivity contribution in [3.05, 3.63) is 0 Å². The van der Waals surface area contributed by atoms with E-state index in [-0.39, 0.29) is 13.2 Å². The summed E-state index contributed by atoms with van der Waals surface area (Å²) in [5.41, 5.74) is -0.953. The van der Waals surface area contributed by atoms with Gasteiger partial charge in [-0.25, -0.2) is 9.59 Å². The Balaban J connectivity index is 2.12. The van der Waals surface area contributed by atoms with Crippen molar-refractivity contribution in [3.8, 4) is 0 Å². The molecule has 1 spiro atoms. The minimum atomic E-state index is -0.953. The smallest absolute Gasteiger partial charge is 0.430 e. The summed E-state index contributed by atoms with van der Waals surface area (Å²) >= 11 is 0. The highest BCUT2D eigenvalue weighted by atomic mass is 16.8. The van der Waals surface area contributed by atoms with Gasteiger partial charge in [-0.3, -0.25) is 0 Å². The van der Waals surface area contributed by atoms with Gasteiger partial charge in [-0.05, 0) is 6.92 Å². The second-order valence-corrected chi connectivity index (χ2v) is 3.00. The van der Waals surface area contributed by atoms with E-state index in [9.17, 15) is 9.59 Å². The number of carbonyl (C=O) groups is 2. The van der Waals surface area contributed by atoms with E-state index in [0.717, 1.165) is 0 Å². The van der Waals surface area contributed by atoms with Crippen molar-refractivity contribution in [2.75, 3.05) is 13.2 Å². The molecule has 1 atom stereocenters. The fourth-order valence-corrected chi connectivity index (χ4v) is 1.26. The van der Waals surface area contributed by atoms with Crippen LogP contribution in [0.15, 0.2) is 0 Å². The van der Waals surface area contributed by atoms with Gasteiger partial charge in [-0.2, -0.15) is 0 Å². The quantitative estimate of drug-likeness (QED) is 0.514. The molecular formula is C7H8O6. The molecule has 72 valence electrons. The van der Waals surface area contributed by atoms with E-state index in [1.54, 1.807) is 6.92 Å². The Morgan fingerprint density at radius 2 is 1.85 bits per heavy atom. The molecule has 6 nitrogen and oxygen atoms in total. The first-order chi connectivity index (χ1) is 6.12. The monoisotopic (exact) mass is 188 g/mol. The zero-order chi connectivity index (χ0) is 9.47. The molecule has 1 unspecified atom stereocenters. The van der Waals surface area contributed by atoms with Gasteiger partial charge >= 0.3 is 12.3 Å². The van der Waals surface area contributed by atoms with E-state index in [4.69, 9.17) is 9.47 Å². The predicted octanol–water partition coefficient (Wildman–Crippen LogP) is 0.447. The van der Waals surface area contributed by atoms with Crippen LogP contribution in [0.3, 0.4) is 0 Å². The zero-order valence-electron chi connectivity index (χ0n) is 6.94. The molecule has 2 aliphatic heterocycles. The lowest BCUT2D eigenvalue weighted by atomic mass is 10.00. The average molecular weight is 188 g/mol. The van der Waals surface area contributed by atoms with Crippen LogP contribution in [0.25, 0.3) is 0 Å². The maximum Gasteiger partial charge on any atom is 0.509 e. The van der Waals surface area contributed by atoms with Crippen LogP contribution in [0.1, 0.15) is 6.92 Å². The molecule has 0 amide bonds. The lowest BCUT2D eigenvalue weighted by Gasteiger charge is -2.30. The SMILES string of the molecule is CC1OC(=O)OC12COC(=O)OC2. The maximum atomic E-state index is 10.8. The Kier molecular flexibility index (Phi) is 1.58. The Labute approximate surface area is 73.7 Å². The normalized spacial score (nSPS) is 30.4. The largest absolute Gasteiger partial charge is 0.509 e. The predicted molar refractivity (Wildman–Crippen MR) is 37.1 cm³/mol. The number of ether oxygens (including phenoxy) is 4. The lowest BCUT2D eigenvalue weighted by Crippen LogP contribution is -2.51. The van der Waals surface area contributed by atoms with Gasteiger partial charge in [-0.1, -0.05) is 0 Å². The third-order valence-electron chi connectivity index (χ3n) is 2.17. The summed E-state index contributed by atoms with van der Waals surface area (Å²) in [7, 11) is 0. The standard InChI is InChI=1S/C7H8O6/c1-4-7(13-6(9)12-4)2-10-5(8)11-3-7/h4H,2-3H2,1H3. The second kappa shape index (κ2) is 2.51. The molecule has 0 N–H and O–H groups in total. The highest BCUT2D eigenvalue weighted by Crippen LogP contribution is 2.30. The number of cyclic esters (lactones) is 3. The molecule has 0 aliphatic carbocycles. The van der Waals surface area contributed by atoms with Crippen molar-refractivity contribution < 1.29 is 28.5 Å². The molecule has 0 aromatic heterocycles. The van der Waals surface area contributed by atoms with Gasteiger partial charge in [0.1, 0.15) is 19.3 Å². The molecule has 0 aromatic rings. The van der Waals surface area contributed by atoms with Gasteiger partial charge in [0.05, 0.1) is 0 Å². The van der Waals surface area contributed by atoms with Crippen molar-refractivity contribution in [3.63, 3.8) is 0 Å². The van der Waals surface area contributed by atoms with Crippen LogP contribution in [-0.2, 0) is 18.9 Å². The van der Waals surface area contributed by atoms with Crippen molar-refractivity contribution >= 4 is 12.3 Å². The summed E-state index contributed by atoms with van der Waals surface area (Å²) in [4.78, 5) is 21.3. The van der Waals surface area contributed by atoms with E-state index in [2.05, 4.69) is 9.47 Å². The minimum absolute atomic E-state index is 0.0151. The average Bonchev–Trinajstić information content (AvgIpc) is 2.34. The highest BCUT2D eigenvalue weighted by Gasteiger charge is 2.53. The molecule has 2 saturated heterocycles. The molecule has 2 fully saturated rings. The first kappa shape index (κ1) is 8.15. The Morgan fingerprint density at radius 3 is 2.31 bits per heavy atom. The number of rotatable bonds is 0. The van der Waals surface area contributed by atoms with Crippen molar-refractivity contribution in [2.24, 2.45) is 0 Å². The van der Waals surface area contributed by atoms with E-state index in [1.165, 1.54) is 0 Å². The molecular weight excluding hydrogens is 180 g/mol. The molecule has 2 aliphatic rings. The number of hydrogen-bond donors (Lipinski definition) is 0. The number of hydrogen-bond acceptors (Lipinski definition) is 6. The van der Waals surface area contributed by atoms with E-state index in [1.807, 2.05) is 0 Å². The summed E-state index contributed by atoms with van der Waals surface area (Å²) < 4.78 is 18.9. The molecule has 0 aromatic carbocycles. The van der Waals surface area contributed by atoms with E-state index < -0.39 is 24.0 Å². The van der Waals surface area contributed by atoms with Crippen molar-refractivity contribution in [2.45, 2.75) is 18.6 Å². The van der Waals surface area contributed by atoms with Gasteiger partial charge in [-0.15, -0.1) is 0 Å². The van der Waals surface area contributed by atoms with Gasteiger partial charge < -0.3 is 18.9 Å². The third-order valence-corrected chi connectivity index (χ3v) is 2.17. The van der Waals surface area contributed by atoms with Gasteiger partial charge in [0.2, 0.25) is 5.60 Å². The Morgan fingerprint density at radius 1 is 1.23 bits per heavy atom. The molecule has 2 rings (SSSR count). The van der Waals surface area contributed by atoms with Gasteiger partial charge in [0.15, 0.2) is 0 Å².